The molecule has 3 N–H and O–H groups in total. The van der Waals surface area contributed by atoms with Crippen LogP contribution in [-0.2, 0) is 9.59 Å². The van der Waals surface area contributed by atoms with E-state index in [2.05, 4.69) is 24.5 Å². The number of hydrogen-bond acceptors (Lipinski definition) is 4. The molecule has 2 amide bonds. The molecule has 0 saturated heterocycles. The van der Waals surface area contributed by atoms with E-state index in [4.69, 9.17) is 9.47 Å². The highest BCUT2D eigenvalue weighted by molar-refractivity contribution is 5.79. The van der Waals surface area contributed by atoms with Gasteiger partial charge in [-0.25, -0.2) is 0 Å². The molecule has 0 aliphatic carbocycles. The number of carbonyl (C=O) groups excluding carboxylic acids is 2. The minimum Gasteiger partial charge on any atom is -0.486 e. The van der Waals surface area contributed by atoms with Crippen molar-refractivity contribution >= 4 is 11.8 Å². The van der Waals surface area contributed by atoms with Crippen molar-refractivity contribution in [2.75, 3.05) is 32.8 Å². The Morgan fingerprint density at radius 1 is 1.07 bits per heavy atom. The van der Waals surface area contributed by atoms with Gasteiger partial charge in [-0.2, -0.15) is 0 Å². The largest absolute Gasteiger partial charge is 0.486 e. The van der Waals surface area contributed by atoms with Gasteiger partial charge in [-0.1, -0.05) is 19.9 Å². The van der Waals surface area contributed by atoms with E-state index < -0.39 is 0 Å². The standard InChI is InChI=1S/C22H35N3O4/c1-7-25(14-20(27)24-22(4,5)6)13-19(26)23-21(15(2)3)16-8-9-17-18(12-16)29-11-10-28-17/h8-9,12,15,21H,7,10-11,13-14H2,1-6H3,(H,23,26)(H,24,27)/p+1/t21-/m0/s1. The fourth-order valence-electron chi connectivity index (χ4n) is 3.34. The molecule has 1 aliphatic rings. The van der Waals surface area contributed by atoms with Crippen LogP contribution in [-0.4, -0.2) is 50.2 Å². The van der Waals surface area contributed by atoms with E-state index >= 15 is 0 Å². The second-order valence-corrected chi connectivity index (χ2v) is 8.95. The Kier molecular flexibility index (Phi) is 7.90. The molecule has 29 heavy (non-hydrogen) atoms. The summed E-state index contributed by atoms with van der Waals surface area (Å²) in [4.78, 5) is 25.9. The minimum atomic E-state index is -0.279. The first kappa shape index (κ1) is 23.0. The molecule has 7 nitrogen and oxygen atoms in total. The molecule has 0 radical (unpaired) electrons. The molecular formula is C22H36N3O4+. The molecule has 162 valence electrons. The van der Waals surface area contributed by atoms with Gasteiger partial charge in [0.15, 0.2) is 24.6 Å². The van der Waals surface area contributed by atoms with E-state index in [0.29, 0.717) is 25.5 Å². The maximum absolute atomic E-state index is 12.7. The van der Waals surface area contributed by atoms with E-state index in [9.17, 15) is 9.59 Å². The Balaban J connectivity index is 2.00. The van der Waals surface area contributed by atoms with Gasteiger partial charge in [-0.05, 0) is 51.3 Å². The maximum Gasteiger partial charge on any atom is 0.275 e. The predicted molar refractivity (Wildman–Crippen MR) is 112 cm³/mol. The first-order valence-corrected chi connectivity index (χ1v) is 10.4. The highest BCUT2D eigenvalue weighted by atomic mass is 16.6. The van der Waals surface area contributed by atoms with Crippen LogP contribution in [0.2, 0.25) is 0 Å². The normalized spacial score (nSPS) is 15.6. The molecule has 1 aromatic carbocycles. The summed E-state index contributed by atoms with van der Waals surface area (Å²) in [5.41, 5.74) is 0.709. The van der Waals surface area contributed by atoms with Crippen LogP contribution in [0.4, 0.5) is 0 Å². The highest BCUT2D eigenvalue weighted by Crippen LogP contribution is 2.34. The number of carbonyl (C=O) groups is 2. The van der Waals surface area contributed by atoms with Gasteiger partial charge in [-0.3, -0.25) is 9.59 Å². The molecule has 0 aromatic heterocycles. The van der Waals surface area contributed by atoms with Gasteiger partial charge in [-0.15, -0.1) is 0 Å². The van der Waals surface area contributed by atoms with Gasteiger partial charge in [0.05, 0.1) is 12.6 Å². The van der Waals surface area contributed by atoms with E-state index in [1.165, 1.54) is 0 Å². The summed E-state index contributed by atoms with van der Waals surface area (Å²) in [5.74, 6) is 1.54. The molecule has 2 atom stereocenters. The minimum absolute atomic E-state index is 0.0469. The van der Waals surface area contributed by atoms with Gasteiger partial charge in [0.2, 0.25) is 0 Å². The summed E-state index contributed by atoms with van der Waals surface area (Å²) in [6.07, 6.45) is 0. The number of quaternary nitrogens is 1. The fraction of sp³-hybridized carbons (Fsp3) is 0.636. The maximum atomic E-state index is 12.7. The summed E-state index contributed by atoms with van der Waals surface area (Å²) in [7, 11) is 0. The number of ether oxygens (including phenoxy) is 2. The van der Waals surface area contributed by atoms with Crippen LogP contribution < -0.4 is 25.0 Å². The van der Waals surface area contributed by atoms with Gasteiger partial charge in [0.25, 0.3) is 11.8 Å². The third kappa shape index (κ3) is 7.24. The lowest BCUT2D eigenvalue weighted by molar-refractivity contribution is -0.881. The monoisotopic (exact) mass is 406 g/mol. The molecular weight excluding hydrogens is 370 g/mol. The van der Waals surface area contributed by atoms with E-state index in [1.54, 1.807) is 0 Å². The molecule has 0 saturated carbocycles. The summed E-state index contributed by atoms with van der Waals surface area (Å²) >= 11 is 0. The van der Waals surface area contributed by atoms with E-state index in [0.717, 1.165) is 16.2 Å². The third-order valence-electron chi connectivity index (χ3n) is 4.74. The first-order valence-electron chi connectivity index (χ1n) is 10.4. The van der Waals surface area contributed by atoms with Crippen LogP contribution in [0.1, 0.15) is 53.1 Å². The van der Waals surface area contributed by atoms with Crippen LogP contribution in [0, 0.1) is 5.92 Å². The lowest BCUT2D eigenvalue weighted by atomic mass is 9.95. The molecule has 1 aliphatic heterocycles. The number of amides is 2. The number of nitrogens with one attached hydrogen (secondary N) is 3. The summed E-state index contributed by atoms with van der Waals surface area (Å²) in [5, 5.41) is 6.09. The molecule has 0 spiro atoms. The average molecular weight is 407 g/mol. The van der Waals surface area contributed by atoms with Crippen LogP contribution in [0.15, 0.2) is 18.2 Å². The summed E-state index contributed by atoms with van der Waals surface area (Å²) < 4.78 is 11.3. The molecule has 1 aromatic rings. The lowest BCUT2D eigenvalue weighted by Gasteiger charge is -2.26. The molecule has 0 bridgehead atoms. The van der Waals surface area contributed by atoms with Gasteiger partial charge >= 0.3 is 0 Å². The van der Waals surface area contributed by atoms with Crippen LogP contribution >= 0.6 is 0 Å². The van der Waals surface area contributed by atoms with Crippen LogP contribution in [0.25, 0.3) is 0 Å². The number of rotatable bonds is 8. The molecule has 2 rings (SSSR count). The Morgan fingerprint density at radius 3 is 2.28 bits per heavy atom. The van der Waals surface area contributed by atoms with E-state index in [1.807, 2.05) is 45.9 Å². The van der Waals surface area contributed by atoms with Crippen molar-refractivity contribution in [3.8, 4) is 11.5 Å². The SMILES string of the molecule is CC[NH+](CC(=O)N[C@H](c1ccc2c(c1)OCCO2)C(C)C)CC(=O)NC(C)(C)C. The van der Waals surface area contributed by atoms with Crippen molar-refractivity contribution in [2.24, 2.45) is 5.92 Å². The second-order valence-electron chi connectivity index (χ2n) is 8.95. The van der Waals surface area contributed by atoms with Crippen molar-refractivity contribution < 1.29 is 24.0 Å². The topological polar surface area (TPSA) is 81.1 Å². The molecule has 7 heteroatoms. The Morgan fingerprint density at radius 2 is 1.69 bits per heavy atom. The highest BCUT2D eigenvalue weighted by Gasteiger charge is 2.25. The van der Waals surface area contributed by atoms with Crippen molar-refractivity contribution in [3.63, 3.8) is 0 Å². The molecule has 1 unspecified atom stereocenters. The lowest BCUT2D eigenvalue weighted by Crippen LogP contribution is -3.14. The summed E-state index contributed by atoms with van der Waals surface area (Å²) in [6, 6.07) is 5.67. The van der Waals surface area contributed by atoms with Crippen molar-refractivity contribution in [3.05, 3.63) is 23.8 Å². The van der Waals surface area contributed by atoms with Crippen molar-refractivity contribution in [1.29, 1.82) is 0 Å². The Labute approximate surface area is 174 Å². The molecule has 0 fully saturated rings. The zero-order valence-electron chi connectivity index (χ0n) is 18.6. The second kappa shape index (κ2) is 9.96. The van der Waals surface area contributed by atoms with Crippen LogP contribution in [0.5, 0.6) is 11.5 Å². The number of benzene rings is 1. The van der Waals surface area contributed by atoms with E-state index in [-0.39, 0.29) is 42.4 Å². The number of hydrogen-bond donors (Lipinski definition) is 3. The van der Waals surface area contributed by atoms with Crippen molar-refractivity contribution in [2.45, 2.75) is 53.1 Å². The van der Waals surface area contributed by atoms with Crippen LogP contribution in [0.3, 0.4) is 0 Å². The number of fused-ring (bicyclic) bond motifs is 1. The quantitative estimate of drug-likeness (QED) is 0.604. The zero-order valence-corrected chi connectivity index (χ0v) is 18.6. The third-order valence-corrected chi connectivity index (χ3v) is 4.74. The number of likely N-dealkylation sites (N-methyl/N-ethyl adjacent to an activating group) is 1. The zero-order chi connectivity index (χ0) is 21.6. The fourth-order valence-corrected chi connectivity index (χ4v) is 3.34. The first-order chi connectivity index (χ1) is 13.6. The van der Waals surface area contributed by atoms with Gasteiger partial charge in [0, 0.05) is 5.54 Å². The summed E-state index contributed by atoms with van der Waals surface area (Å²) in [6.45, 7) is 14.3. The van der Waals surface area contributed by atoms with Gasteiger partial charge in [0.1, 0.15) is 13.2 Å². The molecule has 1 heterocycles. The van der Waals surface area contributed by atoms with Crippen molar-refractivity contribution in [1.82, 2.24) is 10.6 Å². The smallest absolute Gasteiger partial charge is 0.275 e. The predicted octanol–water partition coefficient (Wildman–Crippen LogP) is 1.09. The average Bonchev–Trinajstić information content (AvgIpc) is 2.63. The Hall–Kier alpha value is -2.28. The van der Waals surface area contributed by atoms with Gasteiger partial charge < -0.3 is 25.0 Å². The Bertz CT molecular complexity index is 712.